The van der Waals surface area contributed by atoms with Crippen molar-refractivity contribution in [2.24, 2.45) is 17.6 Å². The number of methoxy groups -OCH3 is 1. The number of rotatable bonds is 14. The molecule has 3 aromatic carbocycles. The number of nitrogens with two attached hydrogens (primary N) is 1. The predicted molar refractivity (Wildman–Crippen MR) is 219 cm³/mol. The second kappa shape index (κ2) is 19.8. The summed E-state index contributed by atoms with van der Waals surface area (Å²) in [6, 6.07) is 18.1. The number of aromatic amines is 1. The summed E-state index contributed by atoms with van der Waals surface area (Å²) in [7, 11) is 0.556. The second-order valence-corrected chi connectivity index (χ2v) is 15.2. The monoisotopic (exact) mass is 856 g/mol. The van der Waals surface area contributed by atoms with E-state index in [1.165, 1.54) is 24.3 Å². The molecule has 0 spiro atoms. The minimum absolute atomic E-state index is 0. The first-order valence-corrected chi connectivity index (χ1v) is 19.6. The topological polar surface area (TPSA) is 193 Å². The quantitative estimate of drug-likeness (QED) is 0.0684. The number of nitrogens with one attached hydrogen (secondary N) is 5. The molecular weight excluding hydrogens is 808 g/mol. The molecule has 2 heterocycles. The lowest BCUT2D eigenvalue weighted by Gasteiger charge is -2.28. The minimum Gasteiger partial charge on any atom is -0.464 e. The molecule has 1 atom stereocenters. The number of hydrogen-bond donors (Lipinski definition) is 6. The van der Waals surface area contributed by atoms with E-state index in [0.717, 1.165) is 61.0 Å². The third-order valence-corrected chi connectivity index (χ3v) is 11.1. The van der Waals surface area contributed by atoms with E-state index < -0.39 is 35.6 Å². The number of halogens is 5. The Morgan fingerprint density at radius 2 is 1.55 bits per heavy atom. The summed E-state index contributed by atoms with van der Waals surface area (Å²) in [6.07, 6.45) is 4.90. The third kappa shape index (κ3) is 10.5. The first kappa shape index (κ1) is 45.7. The van der Waals surface area contributed by atoms with E-state index in [-0.39, 0.29) is 54.0 Å². The first-order valence-electron chi connectivity index (χ1n) is 19.6. The van der Waals surface area contributed by atoms with Crippen LogP contribution in [-0.4, -0.2) is 83.6 Å². The summed E-state index contributed by atoms with van der Waals surface area (Å²) in [6.45, 7) is 4.26. The molecule has 13 nitrogen and oxygen atoms in total. The van der Waals surface area contributed by atoms with E-state index >= 15 is 0 Å². The van der Waals surface area contributed by atoms with E-state index in [1.807, 2.05) is 49.4 Å². The number of esters is 1. The van der Waals surface area contributed by atoms with Gasteiger partial charge in [-0.05, 0) is 130 Å². The Morgan fingerprint density at radius 1 is 0.900 bits per heavy atom. The highest BCUT2D eigenvalue weighted by Gasteiger charge is 2.66. The molecule has 7 N–H and O–H groups in total. The number of piperidine rings is 1. The van der Waals surface area contributed by atoms with Crippen LogP contribution in [0.4, 0.5) is 23.2 Å². The van der Waals surface area contributed by atoms with Crippen LogP contribution in [0.1, 0.15) is 65.8 Å². The van der Waals surface area contributed by atoms with Gasteiger partial charge < -0.3 is 31.7 Å². The number of benzene rings is 3. The number of nitrogens with zero attached hydrogens (tertiary/aromatic N) is 2. The van der Waals surface area contributed by atoms with Crippen molar-refractivity contribution in [2.45, 2.75) is 75.8 Å². The van der Waals surface area contributed by atoms with Crippen LogP contribution >= 0.6 is 12.4 Å². The van der Waals surface area contributed by atoms with E-state index in [1.54, 1.807) is 0 Å². The summed E-state index contributed by atoms with van der Waals surface area (Å²) in [5.41, 5.74) is 10.5. The Bertz CT molecular complexity index is 2120. The number of alkyl halides is 4. The summed E-state index contributed by atoms with van der Waals surface area (Å²) < 4.78 is 61.0. The average molecular weight is 857 g/mol. The predicted octanol–water partition coefficient (Wildman–Crippen LogP) is 5.68. The van der Waals surface area contributed by atoms with Crippen molar-refractivity contribution >= 4 is 41.8 Å². The van der Waals surface area contributed by atoms with Gasteiger partial charge in [-0.3, -0.25) is 19.5 Å². The van der Waals surface area contributed by atoms with E-state index in [9.17, 15) is 36.7 Å². The van der Waals surface area contributed by atoms with Crippen LogP contribution in [0, 0.1) is 18.8 Å². The molecule has 1 saturated heterocycles. The van der Waals surface area contributed by atoms with Crippen LogP contribution < -0.4 is 27.0 Å². The lowest BCUT2D eigenvalue weighted by Crippen LogP contribution is -2.48. The molecule has 1 aliphatic heterocycles. The normalized spacial score (nSPS) is 17.8. The van der Waals surface area contributed by atoms with Gasteiger partial charge in [-0.1, -0.05) is 30.3 Å². The van der Waals surface area contributed by atoms with Crippen LogP contribution in [0.15, 0.2) is 66.7 Å². The van der Waals surface area contributed by atoms with Gasteiger partial charge >= 0.3 is 17.8 Å². The molecule has 2 fully saturated rings. The molecule has 6 rings (SSSR count). The van der Waals surface area contributed by atoms with Crippen molar-refractivity contribution in [1.29, 1.82) is 0 Å². The molecule has 0 radical (unpaired) electrons. The summed E-state index contributed by atoms with van der Waals surface area (Å²) in [4.78, 5) is 55.1. The highest BCUT2D eigenvalue weighted by molar-refractivity contribution is 5.98. The van der Waals surface area contributed by atoms with E-state index in [4.69, 9.17) is 5.73 Å². The van der Waals surface area contributed by atoms with Crippen LogP contribution in [0.2, 0.25) is 0 Å². The van der Waals surface area contributed by atoms with Gasteiger partial charge in [0.05, 0.1) is 7.11 Å². The van der Waals surface area contributed by atoms with Crippen molar-refractivity contribution in [2.75, 3.05) is 32.1 Å². The number of H-pyrrole nitrogens is 1. The number of aromatic nitrogens is 3. The fourth-order valence-corrected chi connectivity index (χ4v) is 7.45. The van der Waals surface area contributed by atoms with Crippen molar-refractivity contribution in [3.05, 3.63) is 89.2 Å². The lowest BCUT2D eigenvalue weighted by atomic mass is 9.81. The molecule has 18 heteroatoms. The zero-order chi connectivity index (χ0) is 42.3. The van der Waals surface area contributed by atoms with Gasteiger partial charge in [0.25, 0.3) is 5.91 Å². The molecular formula is C42H49ClF4N8O5. The largest absolute Gasteiger partial charge is 0.464 e. The smallest absolute Gasteiger partial charge is 0.412 e. The van der Waals surface area contributed by atoms with Crippen molar-refractivity contribution in [3.63, 3.8) is 0 Å². The number of amides is 3. The second-order valence-electron chi connectivity index (χ2n) is 15.2. The average Bonchev–Trinajstić information content (AvgIpc) is 3.75. The van der Waals surface area contributed by atoms with Crippen molar-refractivity contribution in [3.8, 4) is 22.5 Å². The van der Waals surface area contributed by atoms with Gasteiger partial charge in [-0.25, -0.2) is 9.78 Å². The molecule has 1 aliphatic carbocycles. The Balaban J connectivity index is 0.00000683. The van der Waals surface area contributed by atoms with Gasteiger partial charge in [0.15, 0.2) is 5.82 Å². The van der Waals surface area contributed by atoms with Crippen LogP contribution in [-0.2, 0) is 31.5 Å². The standard InChI is InChI=1S/C42H48F4N8O5.ClH/c1-24-21-30(37(56)49-32-17-19-48-20-18-32)13-16-33(24)27-7-3-25(4-8-27)22-34(51-36(55)29-9-5-26(23-47)6-10-29)38(57)50-31-14-11-28(12-15-31)35-52-39(54-53-35)41(43,44)42(45,46)40(58)59-2;/h3-4,7-8,11-16,21,26,29,32,34,48H,5-6,9-10,17-20,22-23,47H2,1-2H3,(H,49,56)(H,50,57)(H,51,55)(H,52,53,54);1H/t26-,29-,34-;/m0./s1. The maximum atomic E-state index is 14.5. The van der Waals surface area contributed by atoms with Crippen molar-refractivity contribution in [1.82, 2.24) is 31.1 Å². The fraction of sp³-hybridized carbons (Fsp3) is 0.429. The molecule has 0 bridgehead atoms. The third-order valence-electron chi connectivity index (χ3n) is 11.1. The maximum absolute atomic E-state index is 14.5. The van der Waals surface area contributed by atoms with Gasteiger partial charge in [-0.15, -0.1) is 12.4 Å². The number of anilines is 1. The molecule has 0 unspecified atom stereocenters. The van der Waals surface area contributed by atoms with Crippen LogP contribution in [0.25, 0.3) is 22.5 Å². The minimum atomic E-state index is -5.22. The van der Waals surface area contributed by atoms with Crippen LogP contribution in [0.3, 0.4) is 0 Å². The summed E-state index contributed by atoms with van der Waals surface area (Å²) >= 11 is 0. The summed E-state index contributed by atoms with van der Waals surface area (Å²) in [5.74, 6) is -15.4. The van der Waals surface area contributed by atoms with Crippen molar-refractivity contribution < 1.29 is 41.5 Å². The highest BCUT2D eigenvalue weighted by Crippen LogP contribution is 2.42. The first-order chi connectivity index (χ1) is 28.2. The van der Waals surface area contributed by atoms with Gasteiger partial charge in [0.2, 0.25) is 17.6 Å². The number of hydrogen-bond acceptors (Lipinski definition) is 9. The zero-order valence-electron chi connectivity index (χ0n) is 33.2. The number of carbonyl (C=O) groups excluding carboxylic acids is 4. The molecule has 1 aromatic heterocycles. The molecule has 3 amide bonds. The molecule has 2 aliphatic rings. The number of aryl methyl sites for hydroxylation is 1. The molecule has 322 valence electrons. The van der Waals surface area contributed by atoms with E-state index in [0.29, 0.717) is 43.7 Å². The van der Waals surface area contributed by atoms with Gasteiger partial charge in [0.1, 0.15) is 6.04 Å². The fourth-order valence-electron chi connectivity index (χ4n) is 7.45. The molecule has 4 aromatic rings. The zero-order valence-corrected chi connectivity index (χ0v) is 34.0. The maximum Gasteiger partial charge on any atom is 0.412 e. The number of ether oxygens (including phenoxy) is 1. The summed E-state index contributed by atoms with van der Waals surface area (Å²) in [5, 5.41) is 17.5. The van der Waals surface area contributed by atoms with Gasteiger partial charge in [0, 0.05) is 35.2 Å². The van der Waals surface area contributed by atoms with Gasteiger partial charge in [-0.2, -0.15) is 22.7 Å². The highest BCUT2D eigenvalue weighted by atomic mass is 35.5. The SMILES string of the molecule is COC(=O)C(F)(F)C(F)(F)c1n[nH]c(-c2ccc(NC(=O)[C@H](Cc3ccc(-c4ccc(C(=O)NC5CCNCC5)cc4C)cc3)NC(=O)[C@H]3CC[C@H](CN)CC3)cc2)n1.Cl. The Hall–Kier alpha value is -5.39. The number of carbonyl (C=O) groups is 4. The van der Waals surface area contributed by atoms with E-state index in [2.05, 4.69) is 41.2 Å². The Kier molecular flexibility index (Phi) is 15.1. The molecule has 1 saturated carbocycles. The molecule has 60 heavy (non-hydrogen) atoms. The lowest BCUT2D eigenvalue weighted by molar-refractivity contribution is -0.233. The Labute approximate surface area is 350 Å². The Morgan fingerprint density at radius 3 is 2.17 bits per heavy atom. The van der Waals surface area contributed by atoms with Crippen LogP contribution in [0.5, 0.6) is 0 Å².